The third-order valence-corrected chi connectivity index (χ3v) is 6.96. The molecule has 4 heterocycles. The van der Waals surface area contributed by atoms with E-state index in [2.05, 4.69) is 0 Å². The SMILES string of the molecule is OC[C@@]12CC[C@H]3[C@H]4O[C@H](C[C@H]4O)[C@H]3[C@@H]1[C@H]1C[C@@H](O)[C@@H]2O1. The summed E-state index contributed by atoms with van der Waals surface area (Å²) in [7, 11) is 0. The second-order valence-corrected chi connectivity index (χ2v) is 7.54. The number of hydrogen-bond donors (Lipinski definition) is 3. The summed E-state index contributed by atoms with van der Waals surface area (Å²) in [6.45, 7) is 0.0963. The highest BCUT2D eigenvalue weighted by Crippen LogP contribution is 2.66. The molecule has 5 rings (SSSR count). The monoisotopic (exact) mass is 282 g/mol. The average Bonchev–Trinajstić information content (AvgIpc) is 3.15. The summed E-state index contributed by atoms with van der Waals surface area (Å²) in [6, 6.07) is 0. The first-order valence-electron chi connectivity index (χ1n) is 7.93. The number of aliphatic hydroxyl groups is 3. The summed E-state index contributed by atoms with van der Waals surface area (Å²) in [5, 5.41) is 30.3. The van der Waals surface area contributed by atoms with Crippen LogP contribution < -0.4 is 0 Å². The molecule has 0 aromatic rings. The molecular weight excluding hydrogens is 260 g/mol. The van der Waals surface area contributed by atoms with Crippen molar-refractivity contribution in [2.75, 3.05) is 6.61 Å². The van der Waals surface area contributed by atoms with Gasteiger partial charge in [0.15, 0.2) is 0 Å². The first kappa shape index (κ1) is 12.4. The van der Waals surface area contributed by atoms with Gasteiger partial charge in [-0.2, -0.15) is 0 Å². The van der Waals surface area contributed by atoms with Crippen molar-refractivity contribution >= 4 is 0 Å². The van der Waals surface area contributed by atoms with Crippen LogP contribution in [0, 0.1) is 23.2 Å². The van der Waals surface area contributed by atoms with Crippen LogP contribution in [0.3, 0.4) is 0 Å². The zero-order chi connectivity index (χ0) is 13.6. The molecule has 3 N–H and O–H groups in total. The molecule has 20 heavy (non-hydrogen) atoms. The summed E-state index contributed by atoms with van der Waals surface area (Å²) in [5.74, 6) is 1.10. The van der Waals surface area contributed by atoms with Crippen molar-refractivity contribution in [2.45, 2.75) is 62.3 Å². The maximum atomic E-state index is 10.2. The molecule has 0 aromatic carbocycles. The molecule has 0 unspecified atom stereocenters. The van der Waals surface area contributed by atoms with Gasteiger partial charge in [0.25, 0.3) is 0 Å². The lowest BCUT2D eigenvalue weighted by Crippen LogP contribution is -2.58. The molecule has 5 fully saturated rings. The topological polar surface area (TPSA) is 79.2 Å². The number of fused-ring (bicyclic) bond motifs is 11. The maximum Gasteiger partial charge on any atom is 0.0920 e. The fraction of sp³-hybridized carbons (Fsp3) is 1.00. The third kappa shape index (κ3) is 1.20. The summed E-state index contributed by atoms with van der Waals surface area (Å²) in [6.07, 6.45) is 2.51. The number of rotatable bonds is 1. The third-order valence-electron chi connectivity index (χ3n) is 6.96. The summed E-state index contributed by atoms with van der Waals surface area (Å²) in [4.78, 5) is 0. The average molecular weight is 282 g/mol. The Kier molecular flexibility index (Phi) is 2.32. The van der Waals surface area contributed by atoms with Crippen molar-refractivity contribution in [3.63, 3.8) is 0 Å². The van der Waals surface area contributed by atoms with Gasteiger partial charge in [0.05, 0.1) is 43.2 Å². The highest BCUT2D eigenvalue weighted by atomic mass is 16.5. The first-order valence-corrected chi connectivity index (χ1v) is 7.93. The van der Waals surface area contributed by atoms with Gasteiger partial charge in [0, 0.05) is 24.2 Å². The molecule has 0 spiro atoms. The second kappa shape index (κ2) is 3.76. The van der Waals surface area contributed by atoms with Crippen molar-refractivity contribution in [1.82, 2.24) is 0 Å². The van der Waals surface area contributed by atoms with Gasteiger partial charge >= 0.3 is 0 Å². The zero-order valence-corrected chi connectivity index (χ0v) is 11.4. The molecule has 0 aromatic heterocycles. The van der Waals surface area contributed by atoms with E-state index in [9.17, 15) is 15.3 Å². The van der Waals surface area contributed by atoms with E-state index in [1.807, 2.05) is 0 Å². The molecule has 1 aliphatic carbocycles. The van der Waals surface area contributed by atoms with Crippen LogP contribution in [0.2, 0.25) is 0 Å². The van der Waals surface area contributed by atoms with Crippen molar-refractivity contribution in [3.05, 3.63) is 0 Å². The molecule has 0 radical (unpaired) electrons. The van der Waals surface area contributed by atoms with Crippen LogP contribution in [0.5, 0.6) is 0 Å². The fourth-order valence-electron chi connectivity index (χ4n) is 6.36. The number of hydrogen-bond acceptors (Lipinski definition) is 5. The van der Waals surface area contributed by atoms with Crippen molar-refractivity contribution < 1.29 is 24.8 Å². The van der Waals surface area contributed by atoms with E-state index >= 15 is 0 Å². The smallest absolute Gasteiger partial charge is 0.0920 e. The van der Waals surface area contributed by atoms with Crippen LogP contribution in [0.4, 0.5) is 0 Å². The Balaban J connectivity index is 1.55. The van der Waals surface area contributed by atoms with E-state index in [1.165, 1.54) is 0 Å². The van der Waals surface area contributed by atoms with Crippen LogP contribution in [-0.4, -0.2) is 58.6 Å². The summed E-state index contributed by atoms with van der Waals surface area (Å²) in [5.41, 5.74) is -0.276. The Labute approximate surface area is 117 Å². The Morgan fingerprint density at radius 3 is 2.65 bits per heavy atom. The fourth-order valence-corrected chi connectivity index (χ4v) is 6.36. The van der Waals surface area contributed by atoms with Crippen LogP contribution in [0.25, 0.3) is 0 Å². The molecule has 5 heteroatoms. The molecule has 0 amide bonds. The standard InChI is InChI=1S/C15H22O5/c16-5-15-2-1-6-11(9-3-7(17)13(6)19-9)12(15)10-4-8(18)14(15)20-10/h6-14,16-18H,1-5H2/t6-,7-,8-,9-,10-,11+,12+,13-,14+,15+/m1/s1. The van der Waals surface area contributed by atoms with Crippen molar-refractivity contribution in [1.29, 1.82) is 0 Å². The van der Waals surface area contributed by atoms with Gasteiger partial charge in [0.1, 0.15) is 0 Å². The lowest BCUT2D eigenvalue weighted by Gasteiger charge is -2.52. The molecule has 4 bridgehead atoms. The minimum absolute atomic E-state index is 0.00857. The molecule has 112 valence electrons. The molecule has 5 nitrogen and oxygen atoms in total. The highest BCUT2D eigenvalue weighted by molar-refractivity contribution is 5.18. The predicted molar refractivity (Wildman–Crippen MR) is 67.8 cm³/mol. The van der Waals surface area contributed by atoms with E-state index in [1.54, 1.807) is 0 Å². The number of aliphatic hydroxyl groups excluding tert-OH is 3. The van der Waals surface area contributed by atoms with Gasteiger partial charge < -0.3 is 24.8 Å². The van der Waals surface area contributed by atoms with Gasteiger partial charge in [-0.25, -0.2) is 0 Å². The quantitative estimate of drug-likeness (QED) is 0.614. The van der Waals surface area contributed by atoms with Crippen LogP contribution in [-0.2, 0) is 9.47 Å². The normalized spacial score (nSPS) is 66.5. The Morgan fingerprint density at radius 1 is 1.05 bits per heavy atom. The Bertz CT molecular complexity index is 442. The Morgan fingerprint density at radius 2 is 1.85 bits per heavy atom. The number of ether oxygens (including phenoxy) is 2. The Hall–Kier alpha value is -0.200. The van der Waals surface area contributed by atoms with E-state index in [4.69, 9.17) is 9.47 Å². The van der Waals surface area contributed by atoms with E-state index in [0.29, 0.717) is 24.2 Å². The lowest BCUT2D eigenvalue weighted by molar-refractivity contribution is -0.0956. The highest BCUT2D eigenvalue weighted by Gasteiger charge is 2.71. The van der Waals surface area contributed by atoms with Gasteiger partial charge in [0.2, 0.25) is 0 Å². The van der Waals surface area contributed by atoms with Gasteiger partial charge in [-0.05, 0) is 24.7 Å². The summed E-state index contributed by atoms with van der Waals surface area (Å²) < 4.78 is 12.1. The molecule has 5 aliphatic rings. The molecule has 1 saturated carbocycles. The predicted octanol–water partition coefficient (Wildman–Crippen LogP) is -0.329. The molecular formula is C15H22O5. The van der Waals surface area contributed by atoms with E-state index in [0.717, 1.165) is 19.3 Å². The van der Waals surface area contributed by atoms with Gasteiger partial charge in [-0.3, -0.25) is 0 Å². The first-order chi connectivity index (χ1) is 9.65. The molecule has 10 atom stereocenters. The van der Waals surface area contributed by atoms with Gasteiger partial charge in [-0.1, -0.05) is 0 Å². The maximum absolute atomic E-state index is 10.2. The minimum atomic E-state index is -0.426. The molecule has 4 aliphatic heterocycles. The minimum Gasteiger partial charge on any atom is -0.396 e. The van der Waals surface area contributed by atoms with Gasteiger partial charge in [-0.15, -0.1) is 0 Å². The van der Waals surface area contributed by atoms with Crippen LogP contribution in [0.15, 0.2) is 0 Å². The summed E-state index contributed by atoms with van der Waals surface area (Å²) >= 11 is 0. The van der Waals surface area contributed by atoms with Crippen molar-refractivity contribution in [2.24, 2.45) is 23.2 Å². The lowest BCUT2D eigenvalue weighted by atomic mass is 9.50. The van der Waals surface area contributed by atoms with E-state index < -0.39 is 6.10 Å². The molecule has 4 saturated heterocycles. The van der Waals surface area contributed by atoms with Crippen LogP contribution in [0.1, 0.15) is 25.7 Å². The largest absolute Gasteiger partial charge is 0.396 e. The zero-order valence-electron chi connectivity index (χ0n) is 11.4. The van der Waals surface area contributed by atoms with Crippen LogP contribution >= 0.6 is 0 Å². The van der Waals surface area contributed by atoms with Crippen molar-refractivity contribution in [3.8, 4) is 0 Å². The van der Waals surface area contributed by atoms with E-state index in [-0.39, 0.29) is 42.5 Å². The second-order valence-electron chi connectivity index (χ2n) is 7.54.